The van der Waals surface area contributed by atoms with Crippen molar-refractivity contribution in [1.82, 2.24) is 36.6 Å². The van der Waals surface area contributed by atoms with Gasteiger partial charge in [-0.3, -0.25) is 19.2 Å². The molecule has 3 aromatic rings. The number of fused-ring (bicyclic) bond motifs is 1. The molecule has 1 unspecified atom stereocenters. The Labute approximate surface area is 370 Å². The van der Waals surface area contributed by atoms with Gasteiger partial charge in [-0.2, -0.15) is 0 Å². The first kappa shape index (κ1) is 48.7. The third-order valence-corrected chi connectivity index (χ3v) is 13.2. The predicted molar refractivity (Wildman–Crippen MR) is 237 cm³/mol. The van der Waals surface area contributed by atoms with Gasteiger partial charge in [0.1, 0.15) is 17.7 Å². The van der Waals surface area contributed by atoms with Crippen molar-refractivity contribution >= 4 is 39.6 Å². The van der Waals surface area contributed by atoms with Crippen LogP contribution in [0.25, 0.3) is 0 Å². The van der Waals surface area contributed by atoms with Gasteiger partial charge in [0, 0.05) is 50.2 Å². The molecule has 17 heteroatoms. The number of aliphatic hydroxyl groups excluding tert-OH is 1. The molecule has 1 aliphatic carbocycles. The number of hydrogen-bond donors (Lipinski definition) is 7. The minimum absolute atomic E-state index is 0.0106. The highest BCUT2D eigenvalue weighted by Gasteiger charge is 2.38. The molecule has 2 aromatic carbocycles. The Morgan fingerprint density at radius 2 is 1.57 bits per heavy atom. The van der Waals surface area contributed by atoms with Gasteiger partial charge in [-0.05, 0) is 61.8 Å². The van der Waals surface area contributed by atoms with E-state index < -0.39 is 69.4 Å². The van der Waals surface area contributed by atoms with Crippen molar-refractivity contribution in [2.45, 2.75) is 146 Å². The number of sulfone groups is 1. The summed E-state index contributed by atoms with van der Waals surface area (Å²) < 4.78 is 32.0. The number of aromatic nitrogens is 2. The van der Waals surface area contributed by atoms with Crippen LogP contribution in [0, 0.1) is 11.8 Å². The van der Waals surface area contributed by atoms with Crippen molar-refractivity contribution in [3.05, 3.63) is 83.4 Å². The molecule has 0 spiro atoms. The lowest BCUT2D eigenvalue weighted by molar-refractivity contribution is -0.133. The maximum absolute atomic E-state index is 14.3. The second-order valence-electron chi connectivity index (χ2n) is 18.4. The van der Waals surface area contributed by atoms with Gasteiger partial charge in [-0.1, -0.05) is 88.4 Å². The number of rotatable bonds is 20. The fraction of sp³-hybridized carbons (Fsp3) is 0.565. The Kier molecular flexibility index (Phi) is 17.3. The molecule has 1 aromatic heterocycles. The van der Waals surface area contributed by atoms with E-state index in [0.717, 1.165) is 37.7 Å². The van der Waals surface area contributed by atoms with Crippen LogP contribution in [-0.2, 0) is 53.1 Å². The summed E-state index contributed by atoms with van der Waals surface area (Å²) in [5, 5.41) is 25.5. The Bertz CT molecular complexity index is 2120. The molecule has 7 N–H and O–H groups in total. The van der Waals surface area contributed by atoms with Gasteiger partial charge in [0.25, 0.3) is 0 Å². The standard InChI is InChI=1S/C46H65N7O9S/c1-29(2)24-48-41(55)23-39(54)36(18-30-12-8-6-9-13-30)52-44(58)38(22-34-26-47-28-50-34)53-43(57)37(19-31-14-10-7-11-15-31)51-42(56)21-33-27-63(60,61)40-20-32(16-17-35(33)40)25-49-45(59)62-46(3,4)5/h7,10-11,14-17,20,26,28-30,33,36-39,54H,6,8-9,12-13,18-19,21-25,27H2,1-5H3,(H,47,50)(H,48,55)(H,49,59)(H,51,56)(H,52,58)(H,53,57)/t33?,36-,37-,38-,39-/m0/s1. The Balaban J connectivity index is 1.32. The maximum Gasteiger partial charge on any atom is 0.407 e. The van der Waals surface area contributed by atoms with E-state index in [1.54, 1.807) is 45.0 Å². The van der Waals surface area contributed by atoms with Crippen molar-refractivity contribution in [3.63, 3.8) is 0 Å². The average molecular weight is 892 g/mol. The summed E-state index contributed by atoms with van der Waals surface area (Å²) in [7, 11) is -3.77. The minimum Gasteiger partial charge on any atom is -0.444 e. The summed E-state index contributed by atoms with van der Waals surface area (Å²) in [6.07, 6.45) is 6.39. The van der Waals surface area contributed by atoms with Crippen LogP contribution < -0.4 is 26.6 Å². The van der Waals surface area contributed by atoms with Gasteiger partial charge >= 0.3 is 6.09 Å². The van der Waals surface area contributed by atoms with Gasteiger partial charge in [0.05, 0.1) is 35.5 Å². The van der Waals surface area contributed by atoms with Crippen LogP contribution in [0.1, 0.15) is 114 Å². The smallest absolute Gasteiger partial charge is 0.407 e. The molecule has 1 saturated carbocycles. The number of imidazole rings is 1. The first-order valence-corrected chi connectivity index (χ1v) is 23.7. The molecule has 1 aliphatic heterocycles. The molecule has 63 heavy (non-hydrogen) atoms. The van der Waals surface area contributed by atoms with Gasteiger partial charge in [0.2, 0.25) is 23.6 Å². The summed E-state index contributed by atoms with van der Waals surface area (Å²) >= 11 is 0. The summed E-state index contributed by atoms with van der Waals surface area (Å²) in [4.78, 5) is 74.6. The minimum atomic E-state index is -3.77. The van der Waals surface area contributed by atoms with Gasteiger partial charge in [-0.25, -0.2) is 18.2 Å². The molecule has 5 amide bonds. The lowest BCUT2D eigenvalue weighted by Crippen LogP contribution is -2.57. The van der Waals surface area contributed by atoms with Crippen molar-refractivity contribution in [1.29, 1.82) is 0 Å². The number of carbonyl (C=O) groups excluding carboxylic acids is 5. The Morgan fingerprint density at radius 3 is 2.24 bits per heavy atom. The van der Waals surface area contributed by atoms with Crippen molar-refractivity contribution in [2.24, 2.45) is 11.8 Å². The Hall–Kier alpha value is -5.29. The van der Waals surface area contributed by atoms with Gasteiger partial charge < -0.3 is 41.4 Å². The molecule has 2 heterocycles. The number of aliphatic hydroxyl groups is 1. The zero-order valence-electron chi connectivity index (χ0n) is 37.1. The van der Waals surface area contributed by atoms with Crippen LogP contribution in [0.15, 0.2) is 66.0 Å². The number of ether oxygens (including phenoxy) is 1. The fourth-order valence-corrected chi connectivity index (χ4v) is 10.1. The molecule has 16 nitrogen and oxygen atoms in total. The largest absolute Gasteiger partial charge is 0.444 e. The van der Waals surface area contributed by atoms with Crippen LogP contribution in [0.2, 0.25) is 0 Å². The fourth-order valence-electron chi connectivity index (χ4n) is 8.13. The van der Waals surface area contributed by atoms with Crippen LogP contribution in [0.5, 0.6) is 0 Å². The summed E-state index contributed by atoms with van der Waals surface area (Å²) in [6, 6.07) is 10.8. The van der Waals surface area contributed by atoms with E-state index in [1.165, 1.54) is 18.6 Å². The van der Waals surface area contributed by atoms with Crippen molar-refractivity contribution < 1.29 is 42.2 Å². The van der Waals surface area contributed by atoms with Crippen LogP contribution >= 0.6 is 0 Å². The molecule has 0 radical (unpaired) electrons. The highest BCUT2D eigenvalue weighted by atomic mass is 32.2. The molecule has 344 valence electrons. The van der Waals surface area contributed by atoms with E-state index in [0.29, 0.717) is 29.8 Å². The number of H-pyrrole nitrogens is 1. The first-order valence-electron chi connectivity index (χ1n) is 22.0. The monoisotopic (exact) mass is 891 g/mol. The molecular weight excluding hydrogens is 827 g/mol. The summed E-state index contributed by atoms with van der Waals surface area (Å²) in [5.74, 6) is -2.64. The molecule has 1 fully saturated rings. The van der Waals surface area contributed by atoms with Crippen molar-refractivity contribution in [2.75, 3.05) is 12.3 Å². The molecule has 2 aliphatic rings. The SMILES string of the molecule is CC(C)CNC(=O)C[C@H](O)[C@H](CC1CCCCC1)NC(=O)[C@H](Cc1cnc[nH]1)NC(=O)[C@H](Cc1ccccc1)NC(=O)CC1CS(=O)(=O)c2cc(CNC(=O)OC(C)(C)C)ccc21. The van der Waals surface area contributed by atoms with E-state index in [9.17, 15) is 37.5 Å². The van der Waals surface area contributed by atoms with E-state index in [4.69, 9.17) is 4.74 Å². The van der Waals surface area contributed by atoms with E-state index >= 15 is 0 Å². The predicted octanol–water partition coefficient (Wildman–Crippen LogP) is 4.13. The van der Waals surface area contributed by atoms with Crippen LogP contribution in [0.4, 0.5) is 4.79 Å². The highest BCUT2D eigenvalue weighted by molar-refractivity contribution is 7.91. The number of benzene rings is 2. The summed E-state index contributed by atoms with van der Waals surface area (Å²) in [6.45, 7) is 9.65. The Morgan fingerprint density at radius 1 is 0.873 bits per heavy atom. The third kappa shape index (κ3) is 15.5. The quantitative estimate of drug-likeness (QED) is 0.0857. The molecule has 5 rings (SSSR count). The number of alkyl carbamates (subject to hydrolysis) is 1. The lowest BCUT2D eigenvalue weighted by Gasteiger charge is -2.31. The number of nitrogens with one attached hydrogen (secondary N) is 6. The molecular formula is C46H65N7O9S. The number of aromatic amines is 1. The maximum atomic E-state index is 14.3. The first-order chi connectivity index (χ1) is 29.8. The van der Waals surface area contributed by atoms with E-state index in [2.05, 4.69) is 36.6 Å². The average Bonchev–Trinajstić information content (AvgIpc) is 3.83. The number of nitrogens with zero attached hydrogens (tertiary/aromatic N) is 1. The van der Waals surface area contributed by atoms with Crippen LogP contribution in [0.3, 0.4) is 0 Å². The zero-order valence-corrected chi connectivity index (χ0v) is 37.9. The van der Waals surface area contributed by atoms with Crippen LogP contribution in [-0.4, -0.2) is 95.3 Å². The van der Waals surface area contributed by atoms with Crippen molar-refractivity contribution in [3.8, 4) is 0 Å². The number of hydrogen-bond acceptors (Lipinski definition) is 10. The second-order valence-corrected chi connectivity index (χ2v) is 20.4. The van der Waals surface area contributed by atoms with E-state index in [-0.39, 0.29) is 60.6 Å². The highest BCUT2D eigenvalue weighted by Crippen LogP contribution is 2.37. The van der Waals surface area contributed by atoms with Gasteiger partial charge in [0.15, 0.2) is 9.84 Å². The van der Waals surface area contributed by atoms with E-state index in [1.807, 2.05) is 32.0 Å². The third-order valence-electron chi connectivity index (χ3n) is 11.3. The normalized spacial score (nSPS) is 18.0. The second kappa shape index (κ2) is 22.4. The molecule has 0 bridgehead atoms. The van der Waals surface area contributed by atoms with Gasteiger partial charge in [-0.15, -0.1) is 0 Å². The summed E-state index contributed by atoms with van der Waals surface area (Å²) in [5.41, 5.74) is 1.60. The molecule has 5 atom stereocenters. The molecule has 0 saturated heterocycles. The lowest BCUT2D eigenvalue weighted by atomic mass is 9.83. The topological polar surface area (TPSA) is 238 Å². The number of carbonyl (C=O) groups is 5. The zero-order chi connectivity index (χ0) is 45.7. The number of amides is 5.